The molecule has 0 aliphatic carbocycles. The van der Waals surface area contributed by atoms with Crippen molar-refractivity contribution in [3.8, 4) is 34.5 Å². The molecular formula is C22H12Cl2F2N4. The molecule has 0 saturated carbocycles. The number of benzene rings is 2. The second-order valence-corrected chi connectivity index (χ2v) is 7.26. The molecule has 0 aliphatic heterocycles. The summed E-state index contributed by atoms with van der Waals surface area (Å²) >= 11 is 12.0. The number of hydrogen-bond acceptors (Lipinski definition) is 3. The van der Waals surface area contributed by atoms with Gasteiger partial charge in [0.2, 0.25) is 0 Å². The highest BCUT2D eigenvalue weighted by Crippen LogP contribution is 2.36. The zero-order chi connectivity index (χ0) is 21.4. The van der Waals surface area contributed by atoms with E-state index in [0.29, 0.717) is 11.3 Å². The van der Waals surface area contributed by atoms with E-state index in [1.165, 1.54) is 34.9 Å². The highest BCUT2D eigenvalue weighted by atomic mass is 35.5. The fourth-order valence-electron chi connectivity index (χ4n) is 3.15. The molecule has 0 amide bonds. The minimum atomic E-state index is -0.690. The summed E-state index contributed by atoms with van der Waals surface area (Å²) < 4.78 is 30.2. The van der Waals surface area contributed by atoms with Crippen molar-refractivity contribution in [1.29, 1.82) is 5.26 Å². The Kier molecular flexibility index (Phi) is 5.25. The molecule has 2 heterocycles. The predicted molar refractivity (Wildman–Crippen MR) is 112 cm³/mol. The van der Waals surface area contributed by atoms with Crippen LogP contribution in [0.4, 0.5) is 8.78 Å². The average Bonchev–Trinajstić information content (AvgIpc) is 3.11. The van der Waals surface area contributed by atoms with Crippen LogP contribution in [-0.2, 0) is 0 Å². The van der Waals surface area contributed by atoms with Crippen LogP contribution in [0.25, 0.3) is 28.5 Å². The molecule has 0 saturated heterocycles. The first-order valence-corrected chi connectivity index (χ1v) is 9.53. The molecule has 30 heavy (non-hydrogen) atoms. The lowest BCUT2D eigenvalue weighted by Gasteiger charge is -2.14. The van der Waals surface area contributed by atoms with Crippen LogP contribution < -0.4 is 0 Å². The van der Waals surface area contributed by atoms with Gasteiger partial charge in [-0.1, -0.05) is 35.3 Å². The van der Waals surface area contributed by atoms with Crippen LogP contribution in [0.1, 0.15) is 11.4 Å². The SMILES string of the molecule is Cc1cccc(-c2nc(C#N)c(-c3ccc(F)c(Cl)c3)n2-c2cccc(Cl)c2F)n1. The Morgan fingerprint density at radius 3 is 2.43 bits per heavy atom. The molecule has 4 aromatic rings. The number of nitriles is 1. The maximum atomic E-state index is 15.0. The summed E-state index contributed by atoms with van der Waals surface area (Å²) in [6.07, 6.45) is 0. The summed E-state index contributed by atoms with van der Waals surface area (Å²) in [5, 5.41) is 9.52. The lowest BCUT2D eigenvalue weighted by molar-refractivity contribution is 0.619. The Hall–Kier alpha value is -3.27. The molecule has 2 aromatic heterocycles. The van der Waals surface area contributed by atoms with Crippen molar-refractivity contribution in [3.63, 3.8) is 0 Å². The molecule has 0 spiro atoms. The smallest absolute Gasteiger partial charge is 0.167 e. The first-order chi connectivity index (χ1) is 14.4. The van der Waals surface area contributed by atoms with Crippen LogP contribution in [-0.4, -0.2) is 14.5 Å². The summed E-state index contributed by atoms with van der Waals surface area (Å²) in [6, 6.07) is 15.8. The summed E-state index contributed by atoms with van der Waals surface area (Å²) in [6.45, 7) is 1.81. The van der Waals surface area contributed by atoms with Crippen molar-refractivity contribution in [2.24, 2.45) is 0 Å². The number of imidazole rings is 1. The van der Waals surface area contributed by atoms with Crippen LogP contribution in [0, 0.1) is 29.9 Å². The Labute approximate surface area is 181 Å². The van der Waals surface area contributed by atoms with Crippen molar-refractivity contribution in [1.82, 2.24) is 14.5 Å². The van der Waals surface area contributed by atoms with Crippen LogP contribution in [0.5, 0.6) is 0 Å². The largest absolute Gasteiger partial charge is 0.287 e. The molecule has 0 fully saturated rings. The Bertz CT molecular complexity index is 1330. The number of aromatic nitrogens is 3. The lowest BCUT2D eigenvalue weighted by Crippen LogP contribution is -2.04. The third-order valence-electron chi connectivity index (χ3n) is 4.47. The number of halogens is 4. The van der Waals surface area contributed by atoms with E-state index in [4.69, 9.17) is 23.2 Å². The van der Waals surface area contributed by atoms with Gasteiger partial charge in [0.15, 0.2) is 17.3 Å². The fraction of sp³-hybridized carbons (Fsp3) is 0.0455. The molecule has 148 valence electrons. The summed E-state index contributed by atoms with van der Waals surface area (Å²) in [5.41, 5.74) is 1.88. The zero-order valence-corrected chi connectivity index (χ0v) is 17.0. The van der Waals surface area contributed by atoms with Gasteiger partial charge in [-0.05, 0) is 49.4 Å². The van der Waals surface area contributed by atoms with Gasteiger partial charge in [-0.2, -0.15) is 5.26 Å². The van der Waals surface area contributed by atoms with Gasteiger partial charge in [0, 0.05) is 11.3 Å². The van der Waals surface area contributed by atoms with Crippen molar-refractivity contribution in [3.05, 3.63) is 87.7 Å². The fourth-order valence-corrected chi connectivity index (χ4v) is 3.50. The van der Waals surface area contributed by atoms with E-state index < -0.39 is 11.6 Å². The van der Waals surface area contributed by atoms with Gasteiger partial charge in [0.05, 0.1) is 21.4 Å². The molecule has 2 aromatic carbocycles. The number of pyridine rings is 1. The van der Waals surface area contributed by atoms with Crippen LogP contribution in [0.15, 0.2) is 54.6 Å². The van der Waals surface area contributed by atoms with Gasteiger partial charge < -0.3 is 0 Å². The highest BCUT2D eigenvalue weighted by Gasteiger charge is 2.25. The van der Waals surface area contributed by atoms with E-state index in [-0.39, 0.29) is 32.9 Å². The molecule has 4 nitrogen and oxygen atoms in total. The van der Waals surface area contributed by atoms with Crippen LogP contribution >= 0.6 is 23.2 Å². The molecule has 8 heteroatoms. The third kappa shape index (κ3) is 3.43. The standard InChI is InChI=1S/C22H12Cl2F2N4/c1-12-4-2-6-17(28-12)22-29-18(11-27)21(13-8-9-16(25)15(24)10-13)30(22)19-7-3-5-14(23)20(19)26/h2-10H,1H3. The maximum Gasteiger partial charge on any atom is 0.167 e. The lowest BCUT2D eigenvalue weighted by atomic mass is 10.1. The monoisotopic (exact) mass is 440 g/mol. The van der Waals surface area contributed by atoms with E-state index in [0.717, 1.165) is 5.69 Å². The zero-order valence-electron chi connectivity index (χ0n) is 15.5. The van der Waals surface area contributed by atoms with E-state index in [1.54, 1.807) is 18.2 Å². The van der Waals surface area contributed by atoms with E-state index in [9.17, 15) is 9.65 Å². The van der Waals surface area contributed by atoms with Crippen molar-refractivity contribution < 1.29 is 8.78 Å². The average molecular weight is 441 g/mol. The summed E-state index contributed by atoms with van der Waals surface area (Å²) in [7, 11) is 0. The number of hydrogen-bond donors (Lipinski definition) is 0. The topological polar surface area (TPSA) is 54.5 Å². The van der Waals surface area contributed by atoms with Crippen LogP contribution in [0.3, 0.4) is 0 Å². The van der Waals surface area contributed by atoms with Gasteiger partial charge >= 0.3 is 0 Å². The molecular weight excluding hydrogens is 429 g/mol. The van der Waals surface area contributed by atoms with Gasteiger partial charge in [-0.25, -0.2) is 18.7 Å². The first kappa shape index (κ1) is 20.0. The molecule has 0 N–H and O–H groups in total. The second kappa shape index (κ2) is 7.86. The summed E-state index contributed by atoms with van der Waals surface area (Å²) in [5.74, 6) is -1.06. The van der Waals surface area contributed by atoms with E-state index in [2.05, 4.69) is 9.97 Å². The Balaban J connectivity index is 2.13. The Morgan fingerprint density at radius 1 is 0.967 bits per heavy atom. The van der Waals surface area contributed by atoms with Crippen molar-refractivity contribution >= 4 is 23.2 Å². The quantitative estimate of drug-likeness (QED) is 0.372. The van der Waals surface area contributed by atoms with Gasteiger partial charge in [0.25, 0.3) is 0 Å². The molecule has 0 atom stereocenters. The van der Waals surface area contributed by atoms with Crippen molar-refractivity contribution in [2.45, 2.75) is 6.92 Å². The minimum absolute atomic E-state index is 0.00959. The van der Waals surface area contributed by atoms with Crippen molar-refractivity contribution in [2.75, 3.05) is 0 Å². The number of aryl methyl sites for hydroxylation is 1. The molecule has 0 aliphatic rings. The van der Waals surface area contributed by atoms with E-state index in [1.807, 2.05) is 19.1 Å². The normalized spacial score (nSPS) is 10.8. The molecule has 0 unspecified atom stereocenters. The second-order valence-electron chi connectivity index (χ2n) is 6.45. The third-order valence-corrected chi connectivity index (χ3v) is 5.05. The van der Waals surface area contributed by atoms with Gasteiger partial charge in [0.1, 0.15) is 17.6 Å². The maximum absolute atomic E-state index is 15.0. The predicted octanol–water partition coefficient (Wildman–Crippen LogP) is 6.37. The number of rotatable bonds is 3. The number of nitrogens with zero attached hydrogens (tertiary/aromatic N) is 4. The summed E-state index contributed by atoms with van der Waals surface area (Å²) in [4.78, 5) is 8.87. The van der Waals surface area contributed by atoms with Gasteiger partial charge in [-0.15, -0.1) is 0 Å². The highest BCUT2D eigenvalue weighted by molar-refractivity contribution is 6.31. The van der Waals surface area contributed by atoms with E-state index >= 15 is 4.39 Å². The molecule has 0 radical (unpaired) electrons. The molecule has 4 rings (SSSR count). The van der Waals surface area contributed by atoms with Crippen LogP contribution in [0.2, 0.25) is 10.0 Å². The Morgan fingerprint density at radius 2 is 1.73 bits per heavy atom. The first-order valence-electron chi connectivity index (χ1n) is 8.77. The minimum Gasteiger partial charge on any atom is -0.287 e. The van der Waals surface area contributed by atoms with Gasteiger partial charge in [-0.3, -0.25) is 4.57 Å². The molecule has 0 bridgehead atoms.